The second-order valence-corrected chi connectivity index (χ2v) is 7.94. The lowest BCUT2D eigenvalue weighted by molar-refractivity contribution is -0.119. The highest BCUT2D eigenvalue weighted by Gasteiger charge is 2.23. The van der Waals surface area contributed by atoms with Gasteiger partial charge in [0.15, 0.2) is 6.61 Å². The Balaban J connectivity index is 1.71. The molecule has 0 atom stereocenters. The van der Waals surface area contributed by atoms with Gasteiger partial charge in [0.05, 0.1) is 0 Å². The molecule has 1 N–H and O–H groups in total. The minimum absolute atomic E-state index is 0.103. The summed E-state index contributed by atoms with van der Waals surface area (Å²) in [6, 6.07) is 22.2. The number of ether oxygens (including phenoxy) is 1. The van der Waals surface area contributed by atoms with Crippen LogP contribution in [0.4, 0.5) is 5.69 Å². The van der Waals surface area contributed by atoms with E-state index in [1.807, 2.05) is 68.4 Å². The van der Waals surface area contributed by atoms with Crippen LogP contribution in [0, 0.1) is 13.8 Å². The van der Waals surface area contributed by atoms with Gasteiger partial charge >= 0.3 is 5.97 Å². The first-order valence-corrected chi connectivity index (χ1v) is 10.6. The van der Waals surface area contributed by atoms with Gasteiger partial charge in [-0.25, -0.2) is 4.79 Å². The summed E-state index contributed by atoms with van der Waals surface area (Å²) in [4.78, 5) is 38.6. The van der Waals surface area contributed by atoms with Crippen molar-refractivity contribution in [3.63, 3.8) is 0 Å². The molecular formula is C27H24N2O4. The lowest BCUT2D eigenvalue weighted by Crippen LogP contribution is -2.28. The lowest BCUT2D eigenvalue weighted by atomic mass is 9.96. The predicted octanol–water partition coefficient (Wildman–Crippen LogP) is 4.62. The Morgan fingerprint density at radius 2 is 1.52 bits per heavy atom. The molecule has 1 aromatic heterocycles. The van der Waals surface area contributed by atoms with Crippen LogP contribution in [0.25, 0.3) is 21.9 Å². The summed E-state index contributed by atoms with van der Waals surface area (Å²) in [7, 11) is 1.54. The molecular weight excluding hydrogens is 416 g/mol. The Morgan fingerprint density at radius 1 is 0.879 bits per heavy atom. The number of rotatable bonds is 5. The van der Waals surface area contributed by atoms with Gasteiger partial charge in [-0.3, -0.25) is 9.59 Å². The molecule has 166 valence electrons. The van der Waals surface area contributed by atoms with Gasteiger partial charge in [0.25, 0.3) is 11.5 Å². The second kappa shape index (κ2) is 9.12. The highest BCUT2D eigenvalue weighted by Crippen LogP contribution is 2.31. The summed E-state index contributed by atoms with van der Waals surface area (Å²) in [5.41, 5.74) is 3.79. The number of aromatic nitrogens is 1. The van der Waals surface area contributed by atoms with E-state index < -0.39 is 18.5 Å². The number of aryl methyl sites for hydroxylation is 2. The topological polar surface area (TPSA) is 77.4 Å². The number of hydrogen-bond acceptors (Lipinski definition) is 4. The Labute approximate surface area is 191 Å². The van der Waals surface area contributed by atoms with Crippen LogP contribution in [0.5, 0.6) is 0 Å². The third-order valence-corrected chi connectivity index (χ3v) is 5.59. The number of esters is 1. The summed E-state index contributed by atoms with van der Waals surface area (Å²) in [5.74, 6) is -1.20. The maximum atomic E-state index is 13.2. The first-order valence-electron chi connectivity index (χ1n) is 10.6. The van der Waals surface area contributed by atoms with Crippen LogP contribution in [0.2, 0.25) is 0 Å². The number of amides is 1. The van der Waals surface area contributed by atoms with E-state index in [4.69, 9.17) is 4.74 Å². The number of anilines is 1. The molecule has 0 aliphatic carbocycles. The van der Waals surface area contributed by atoms with Gasteiger partial charge in [0.2, 0.25) is 0 Å². The molecule has 0 saturated carbocycles. The number of carbonyl (C=O) groups is 2. The lowest BCUT2D eigenvalue weighted by Gasteiger charge is -2.17. The van der Waals surface area contributed by atoms with Crippen molar-refractivity contribution in [1.29, 1.82) is 0 Å². The average Bonchev–Trinajstić information content (AvgIpc) is 2.82. The van der Waals surface area contributed by atoms with Crippen LogP contribution in [-0.4, -0.2) is 23.1 Å². The number of nitrogens with one attached hydrogen (secondary N) is 1. The van der Waals surface area contributed by atoms with Crippen molar-refractivity contribution in [2.24, 2.45) is 7.05 Å². The highest BCUT2D eigenvalue weighted by atomic mass is 16.5. The molecule has 1 heterocycles. The quantitative estimate of drug-likeness (QED) is 0.460. The molecule has 6 heteroatoms. The maximum Gasteiger partial charge on any atom is 0.356 e. The monoisotopic (exact) mass is 440 g/mol. The molecule has 0 bridgehead atoms. The van der Waals surface area contributed by atoms with E-state index >= 15 is 0 Å². The van der Waals surface area contributed by atoms with E-state index in [2.05, 4.69) is 5.32 Å². The Bertz CT molecular complexity index is 1420. The molecule has 0 spiro atoms. The number of benzene rings is 3. The first-order chi connectivity index (χ1) is 15.9. The molecule has 0 aliphatic rings. The van der Waals surface area contributed by atoms with Gasteiger partial charge in [-0.2, -0.15) is 0 Å². The fraction of sp³-hybridized carbons (Fsp3) is 0.148. The van der Waals surface area contributed by atoms with Crippen molar-refractivity contribution in [1.82, 2.24) is 4.57 Å². The molecule has 4 rings (SSSR count). The van der Waals surface area contributed by atoms with Crippen molar-refractivity contribution in [2.45, 2.75) is 13.8 Å². The van der Waals surface area contributed by atoms with Gasteiger partial charge in [0, 0.05) is 23.7 Å². The SMILES string of the molecule is Cc1ccc(-c2c(C(=O)OCC(=O)Nc3ccccc3C)n(C)c(=O)c3ccccc23)cc1. The maximum absolute atomic E-state index is 13.2. The second-order valence-electron chi connectivity index (χ2n) is 7.94. The minimum atomic E-state index is -0.740. The largest absolute Gasteiger partial charge is 0.451 e. The molecule has 1 amide bonds. The zero-order valence-corrected chi connectivity index (χ0v) is 18.7. The Hall–Kier alpha value is -4.19. The fourth-order valence-corrected chi connectivity index (χ4v) is 3.82. The number of hydrogen-bond donors (Lipinski definition) is 1. The van der Waals surface area contributed by atoms with Crippen molar-refractivity contribution < 1.29 is 14.3 Å². The number of pyridine rings is 1. The van der Waals surface area contributed by atoms with Gasteiger partial charge in [-0.1, -0.05) is 66.2 Å². The Kier molecular flexibility index (Phi) is 6.09. The van der Waals surface area contributed by atoms with Crippen LogP contribution in [0.3, 0.4) is 0 Å². The first kappa shape index (κ1) is 22.0. The van der Waals surface area contributed by atoms with E-state index in [0.29, 0.717) is 22.0 Å². The molecule has 6 nitrogen and oxygen atoms in total. The molecule has 0 saturated heterocycles. The van der Waals surface area contributed by atoms with E-state index in [9.17, 15) is 14.4 Å². The minimum Gasteiger partial charge on any atom is -0.451 e. The normalized spacial score (nSPS) is 10.8. The standard InChI is InChI=1S/C27H24N2O4/c1-17-12-14-19(15-13-17)24-20-9-5-6-10-21(20)26(31)29(3)25(24)27(32)33-16-23(30)28-22-11-7-4-8-18(22)2/h4-15H,16H2,1-3H3,(H,28,30). The van der Waals surface area contributed by atoms with Crippen LogP contribution in [0.15, 0.2) is 77.6 Å². The zero-order chi connectivity index (χ0) is 23.5. The van der Waals surface area contributed by atoms with E-state index in [1.165, 1.54) is 11.6 Å². The third kappa shape index (κ3) is 4.41. The van der Waals surface area contributed by atoms with Crippen LogP contribution < -0.4 is 10.9 Å². The summed E-state index contributed by atoms with van der Waals surface area (Å²) in [5, 5.41) is 3.90. The van der Waals surface area contributed by atoms with E-state index in [1.54, 1.807) is 18.2 Å². The molecule has 4 aromatic rings. The summed E-state index contributed by atoms with van der Waals surface area (Å²) in [6.45, 7) is 3.38. The summed E-state index contributed by atoms with van der Waals surface area (Å²) in [6.07, 6.45) is 0. The van der Waals surface area contributed by atoms with Crippen LogP contribution in [0.1, 0.15) is 21.6 Å². The van der Waals surface area contributed by atoms with Crippen molar-refractivity contribution >= 4 is 28.3 Å². The summed E-state index contributed by atoms with van der Waals surface area (Å²) < 4.78 is 6.65. The van der Waals surface area contributed by atoms with Crippen LogP contribution >= 0.6 is 0 Å². The molecule has 33 heavy (non-hydrogen) atoms. The third-order valence-electron chi connectivity index (χ3n) is 5.59. The molecule has 3 aromatic carbocycles. The smallest absolute Gasteiger partial charge is 0.356 e. The Morgan fingerprint density at radius 3 is 2.21 bits per heavy atom. The van der Waals surface area contributed by atoms with E-state index in [-0.39, 0.29) is 11.3 Å². The van der Waals surface area contributed by atoms with E-state index in [0.717, 1.165) is 16.7 Å². The molecule has 0 aliphatic heterocycles. The number of para-hydroxylation sites is 1. The van der Waals surface area contributed by atoms with Crippen molar-refractivity contribution in [2.75, 3.05) is 11.9 Å². The van der Waals surface area contributed by atoms with Gasteiger partial charge < -0.3 is 14.6 Å². The number of fused-ring (bicyclic) bond motifs is 1. The average molecular weight is 440 g/mol. The highest BCUT2D eigenvalue weighted by molar-refractivity contribution is 6.07. The molecule has 0 radical (unpaired) electrons. The van der Waals surface area contributed by atoms with Crippen molar-refractivity contribution in [3.05, 3.63) is 100.0 Å². The van der Waals surface area contributed by atoms with Gasteiger partial charge in [0.1, 0.15) is 5.69 Å². The summed E-state index contributed by atoms with van der Waals surface area (Å²) >= 11 is 0. The van der Waals surface area contributed by atoms with Gasteiger partial charge in [-0.15, -0.1) is 0 Å². The zero-order valence-electron chi connectivity index (χ0n) is 18.7. The number of nitrogens with zero attached hydrogens (tertiary/aromatic N) is 1. The predicted molar refractivity (Wildman–Crippen MR) is 129 cm³/mol. The molecule has 0 unspecified atom stereocenters. The number of carbonyl (C=O) groups excluding carboxylic acids is 2. The van der Waals surface area contributed by atoms with Gasteiger partial charge in [-0.05, 0) is 42.5 Å². The molecule has 0 fully saturated rings. The van der Waals surface area contributed by atoms with Crippen LogP contribution in [-0.2, 0) is 16.6 Å². The van der Waals surface area contributed by atoms with Crippen molar-refractivity contribution in [3.8, 4) is 11.1 Å². The fourth-order valence-electron chi connectivity index (χ4n) is 3.82.